The number of fused-ring (bicyclic) bond motifs is 1. The summed E-state index contributed by atoms with van der Waals surface area (Å²) in [6.45, 7) is 1.34. The lowest BCUT2D eigenvalue weighted by molar-refractivity contribution is 0.203. The predicted molar refractivity (Wildman–Crippen MR) is 111 cm³/mol. The maximum atomic E-state index is 13.7. The number of hydrogen-bond donors (Lipinski definition) is 1. The van der Waals surface area contributed by atoms with E-state index in [1.807, 2.05) is 4.90 Å². The summed E-state index contributed by atoms with van der Waals surface area (Å²) in [4.78, 5) is 6.26. The Morgan fingerprint density at radius 1 is 1.17 bits per heavy atom. The van der Waals surface area contributed by atoms with Crippen molar-refractivity contribution >= 4 is 38.0 Å². The number of aliphatic hydroxyl groups excluding tert-OH is 1. The highest BCUT2D eigenvalue weighted by atomic mass is 35.5. The zero-order valence-electron chi connectivity index (χ0n) is 15.6. The number of anilines is 1. The number of rotatable bonds is 4. The van der Waals surface area contributed by atoms with Crippen LogP contribution in [0.4, 0.5) is 10.1 Å². The molecule has 0 atom stereocenters. The number of pyridine rings is 1. The van der Waals surface area contributed by atoms with Crippen molar-refractivity contribution in [3.8, 4) is 0 Å². The molecular formula is C21H20ClFN2O3S. The van der Waals surface area contributed by atoms with Gasteiger partial charge in [0.25, 0.3) is 0 Å². The van der Waals surface area contributed by atoms with Crippen molar-refractivity contribution in [2.75, 3.05) is 24.6 Å². The molecule has 0 aliphatic carbocycles. The van der Waals surface area contributed by atoms with Crippen LogP contribution in [0.3, 0.4) is 0 Å². The lowest BCUT2D eigenvalue weighted by atomic mass is 9.97. The zero-order valence-corrected chi connectivity index (χ0v) is 17.1. The van der Waals surface area contributed by atoms with Gasteiger partial charge < -0.3 is 10.0 Å². The molecule has 3 aromatic rings. The van der Waals surface area contributed by atoms with Gasteiger partial charge in [-0.05, 0) is 55.2 Å². The van der Waals surface area contributed by atoms with Crippen molar-refractivity contribution in [2.24, 2.45) is 5.92 Å². The second-order valence-electron chi connectivity index (χ2n) is 7.21. The van der Waals surface area contributed by atoms with Crippen molar-refractivity contribution < 1.29 is 17.9 Å². The average molecular weight is 435 g/mol. The van der Waals surface area contributed by atoms with Crippen LogP contribution in [-0.4, -0.2) is 38.2 Å². The molecular weight excluding hydrogens is 415 g/mol. The summed E-state index contributed by atoms with van der Waals surface area (Å²) < 4.78 is 40.5. The number of aliphatic hydroxyl groups is 1. The Balaban J connectivity index is 1.91. The molecule has 1 aromatic heterocycles. The number of hydrogen-bond acceptors (Lipinski definition) is 5. The van der Waals surface area contributed by atoms with Gasteiger partial charge in [-0.1, -0.05) is 17.7 Å². The minimum absolute atomic E-state index is 0.0420. The topological polar surface area (TPSA) is 70.5 Å². The summed E-state index contributed by atoms with van der Waals surface area (Å²) in [5.74, 6) is -0.408. The van der Waals surface area contributed by atoms with Crippen LogP contribution in [0.25, 0.3) is 10.9 Å². The monoisotopic (exact) mass is 434 g/mol. The highest BCUT2D eigenvalue weighted by Gasteiger charge is 2.29. The van der Waals surface area contributed by atoms with Crippen molar-refractivity contribution in [1.82, 2.24) is 4.98 Å². The van der Waals surface area contributed by atoms with Gasteiger partial charge in [-0.2, -0.15) is 0 Å². The first kappa shape index (κ1) is 20.1. The van der Waals surface area contributed by atoms with Crippen LogP contribution in [0, 0.1) is 11.7 Å². The van der Waals surface area contributed by atoms with Gasteiger partial charge >= 0.3 is 0 Å². The Hall–Kier alpha value is -2.22. The molecule has 2 heterocycles. The van der Waals surface area contributed by atoms with E-state index in [2.05, 4.69) is 4.98 Å². The van der Waals surface area contributed by atoms with Gasteiger partial charge in [-0.15, -0.1) is 0 Å². The molecule has 0 saturated carbocycles. The van der Waals surface area contributed by atoms with E-state index in [0.717, 1.165) is 18.9 Å². The molecule has 152 valence electrons. The van der Waals surface area contributed by atoms with Crippen molar-refractivity contribution in [3.63, 3.8) is 0 Å². The Morgan fingerprint density at radius 3 is 2.62 bits per heavy atom. The first-order valence-electron chi connectivity index (χ1n) is 9.35. The van der Waals surface area contributed by atoms with E-state index < -0.39 is 15.7 Å². The maximum absolute atomic E-state index is 13.7. The third kappa shape index (κ3) is 3.82. The fraction of sp³-hybridized carbons (Fsp3) is 0.286. The standard InChI is InChI=1S/C21H20ClFN2O3S/c22-15-4-5-18-19(10-15)24-12-20(21(18)25-8-6-14(13-26)7-9-25)29(27,28)17-3-1-2-16(23)11-17/h1-5,10-12,14,26H,6-9,13H2. The Labute approximate surface area is 173 Å². The van der Waals surface area contributed by atoms with E-state index in [1.165, 1.54) is 24.4 Å². The van der Waals surface area contributed by atoms with E-state index in [-0.39, 0.29) is 22.3 Å². The summed E-state index contributed by atoms with van der Waals surface area (Å²) in [5.41, 5.74) is 1.14. The maximum Gasteiger partial charge on any atom is 0.210 e. The minimum Gasteiger partial charge on any atom is -0.396 e. The molecule has 1 aliphatic rings. The number of sulfone groups is 1. The molecule has 1 fully saturated rings. The van der Waals surface area contributed by atoms with E-state index in [0.29, 0.717) is 34.7 Å². The third-order valence-electron chi connectivity index (χ3n) is 5.35. The number of nitrogens with zero attached hydrogens (tertiary/aromatic N) is 2. The summed E-state index contributed by atoms with van der Waals surface area (Å²) in [6.07, 6.45) is 2.84. The van der Waals surface area contributed by atoms with Crippen molar-refractivity contribution in [3.05, 3.63) is 59.5 Å². The normalized spacial score (nSPS) is 15.8. The van der Waals surface area contributed by atoms with E-state index in [1.54, 1.807) is 18.2 Å². The summed E-state index contributed by atoms with van der Waals surface area (Å²) >= 11 is 6.10. The third-order valence-corrected chi connectivity index (χ3v) is 7.34. The second-order valence-corrected chi connectivity index (χ2v) is 9.56. The van der Waals surface area contributed by atoms with Gasteiger partial charge in [0.1, 0.15) is 10.7 Å². The predicted octanol–water partition coefficient (Wildman–Crippen LogP) is 4.07. The average Bonchev–Trinajstić information content (AvgIpc) is 2.72. The molecule has 0 bridgehead atoms. The fourth-order valence-corrected chi connectivity index (χ4v) is 5.39. The van der Waals surface area contributed by atoms with Crippen LogP contribution in [0.2, 0.25) is 5.02 Å². The highest BCUT2D eigenvalue weighted by Crippen LogP contribution is 2.38. The van der Waals surface area contributed by atoms with E-state index in [4.69, 9.17) is 11.6 Å². The first-order chi connectivity index (χ1) is 13.9. The van der Waals surface area contributed by atoms with Gasteiger partial charge in [0, 0.05) is 36.3 Å². The second kappa shape index (κ2) is 7.89. The molecule has 2 aromatic carbocycles. The molecule has 1 saturated heterocycles. The quantitative estimate of drug-likeness (QED) is 0.670. The number of aromatic nitrogens is 1. The van der Waals surface area contributed by atoms with Crippen LogP contribution in [0.1, 0.15) is 12.8 Å². The van der Waals surface area contributed by atoms with Gasteiger partial charge in [0.05, 0.1) is 16.1 Å². The Kier molecular flexibility index (Phi) is 5.46. The Bertz CT molecular complexity index is 1160. The lowest BCUT2D eigenvalue weighted by Crippen LogP contribution is -2.35. The molecule has 0 spiro atoms. The number of benzene rings is 2. The van der Waals surface area contributed by atoms with Crippen molar-refractivity contribution in [2.45, 2.75) is 22.6 Å². The minimum atomic E-state index is -3.99. The zero-order chi connectivity index (χ0) is 20.6. The molecule has 8 heteroatoms. The van der Waals surface area contributed by atoms with Gasteiger partial charge in [0.2, 0.25) is 9.84 Å². The molecule has 1 aliphatic heterocycles. The highest BCUT2D eigenvalue weighted by molar-refractivity contribution is 7.91. The molecule has 4 rings (SSSR count). The van der Waals surface area contributed by atoms with Crippen LogP contribution in [-0.2, 0) is 9.84 Å². The molecule has 1 N–H and O–H groups in total. The van der Waals surface area contributed by atoms with Crippen LogP contribution in [0.15, 0.2) is 58.5 Å². The Morgan fingerprint density at radius 2 is 1.93 bits per heavy atom. The van der Waals surface area contributed by atoms with Crippen LogP contribution >= 0.6 is 11.6 Å². The number of piperidine rings is 1. The van der Waals surface area contributed by atoms with E-state index in [9.17, 15) is 17.9 Å². The van der Waals surface area contributed by atoms with Gasteiger partial charge in [0.15, 0.2) is 0 Å². The summed E-state index contributed by atoms with van der Waals surface area (Å²) in [5, 5.41) is 10.6. The lowest BCUT2D eigenvalue weighted by Gasteiger charge is -2.34. The van der Waals surface area contributed by atoms with E-state index >= 15 is 0 Å². The number of halogens is 2. The molecule has 0 radical (unpaired) electrons. The fourth-order valence-electron chi connectivity index (χ4n) is 3.76. The summed E-state index contributed by atoms with van der Waals surface area (Å²) in [7, 11) is -3.99. The smallest absolute Gasteiger partial charge is 0.210 e. The van der Waals surface area contributed by atoms with Gasteiger partial charge in [-0.25, -0.2) is 12.8 Å². The molecule has 0 unspecified atom stereocenters. The summed E-state index contributed by atoms with van der Waals surface area (Å²) in [6, 6.07) is 10.1. The van der Waals surface area contributed by atoms with Crippen LogP contribution in [0.5, 0.6) is 0 Å². The SMILES string of the molecule is O=S(=O)(c1cccc(F)c1)c1cnc2cc(Cl)ccc2c1N1CCC(CO)CC1. The molecule has 29 heavy (non-hydrogen) atoms. The molecule has 0 amide bonds. The largest absolute Gasteiger partial charge is 0.396 e. The van der Waals surface area contributed by atoms with Crippen molar-refractivity contribution in [1.29, 1.82) is 0 Å². The van der Waals surface area contributed by atoms with Crippen LogP contribution < -0.4 is 4.90 Å². The molecule has 5 nitrogen and oxygen atoms in total. The van der Waals surface area contributed by atoms with Gasteiger partial charge in [-0.3, -0.25) is 4.98 Å². The first-order valence-corrected chi connectivity index (χ1v) is 11.2.